The van der Waals surface area contributed by atoms with Crippen LogP contribution in [-0.2, 0) is 9.59 Å². The van der Waals surface area contributed by atoms with E-state index in [0.29, 0.717) is 0 Å². The van der Waals surface area contributed by atoms with E-state index in [0.717, 1.165) is 22.1 Å². The lowest BCUT2D eigenvalue weighted by atomic mass is 9.83. The van der Waals surface area contributed by atoms with Crippen molar-refractivity contribution < 1.29 is 23.2 Å². The minimum absolute atomic E-state index is 0.132. The topological polar surface area (TPSA) is 70.0 Å². The van der Waals surface area contributed by atoms with Crippen molar-refractivity contribution in [2.45, 2.75) is 12.1 Å². The van der Waals surface area contributed by atoms with Crippen LogP contribution < -0.4 is 4.90 Å². The molecule has 3 aliphatic heterocycles. The minimum atomic E-state index is -1.09. The second-order valence-electron chi connectivity index (χ2n) is 8.68. The summed E-state index contributed by atoms with van der Waals surface area (Å²) in [5.41, 5.74) is 1.89. The summed E-state index contributed by atoms with van der Waals surface area (Å²) in [7, 11) is 0. The molecule has 0 aromatic heterocycles. The third-order valence-electron chi connectivity index (χ3n) is 6.85. The van der Waals surface area contributed by atoms with Crippen LogP contribution >= 0.6 is 11.6 Å². The van der Waals surface area contributed by atoms with E-state index in [1.165, 1.54) is 41.4 Å². The van der Waals surface area contributed by atoms with Crippen molar-refractivity contribution in [2.75, 3.05) is 4.90 Å². The fraction of sp³-hybridized carbons (Fsp3) is 0.154. The average Bonchev–Trinajstić information content (AvgIpc) is 3.33. The summed E-state index contributed by atoms with van der Waals surface area (Å²) in [6.07, 6.45) is 1.60. The molecule has 2 fully saturated rings. The number of anilines is 1. The number of amides is 2. The average molecular weight is 492 g/mol. The third kappa shape index (κ3) is 3.13. The van der Waals surface area contributed by atoms with Gasteiger partial charge in [-0.15, -0.1) is 0 Å². The number of Topliss-reactive ketones (excluding diaryl/α,β-unsaturated/α-hetero) is 1. The lowest BCUT2D eigenvalue weighted by Crippen LogP contribution is -2.44. The van der Waals surface area contributed by atoms with E-state index in [2.05, 4.69) is 5.10 Å². The molecule has 9 heteroatoms. The van der Waals surface area contributed by atoms with Gasteiger partial charge in [0.2, 0.25) is 11.8 Å². The molecule has 3 aromatic carbocycles. The number of rotatable bonds is 3. The highest BCUT2D eigenvalue weighted by atomic mass is 35.5. The monoisotopic (exact) mass is 491 g/mol. The summed E-state index contributed by atoms with van der Waals surface area (Å²) in [6.45, 7) is 0. The molecule has 6 nitrogen and oxygen atoms in total. The highest BCUT2D eigenvalue weighted by molar-refractivity contribution is 6.31. The molecule has 35 heavy (non-hydrogen) atoms. The Morgan fingerprint density at radius 3 is 2.37 bits per heavy atom. The molecule has 174 valence electrons. The molecule has 3 aromatic rings. The lowest BCUT2D eigenvalue weighted by molar-refractivity contribution is -0.124. The van der Waals surface area contributed by atoms with E-state index >= 15 is 0 Å². The van der Waals surface area contributed by atoms with E-state index in [1.807, 2.05) is 24.3 Å². The maximum Gasteiger partial charge on any atom is 0.240 e. The number of nitrogens with zero attached hydrogens (tertiary/aromatic N) is 3. The van der Waals surface area contributed by atoms with Crippen molar-refractivity contribution in [1.29, 1.82) is 0 Å². The van der Waals surface area contributed by atoms with Gasteiger partial charge in [0.25, 0.3) is 0 Å². The van der Waals surface area contributed by atoms with Crippen LogP contribution in [0.15, 0.2) is 71.8 Å². The summed E-state index contributed by atoms with van der Waals surface area (Å²) in [5.74, 6) is -4.68. The molecular formula is C26H16ClF2N3O3. The number of hydrazone groups is 1. The van der Waals surface area contributed by atoms with Gasteiger partial charge in [-0.2, -0.15) is 5.10 Å². The number of imide groups is 1. The Labute approximate surface area is 203 Å². The summed E-state index contributed by atoms with van der Waals surface area (Å²) in [6, 6.07) is 14.2. The standard InChI is InChI=1S/C26H16ClF2N3O3/c27-18-11-16(9-10-19(18)29)31-25(34)20-21(26(31)35)23(24(33)13-5-7-15(28)8-6-13)32-22(20)17-4-2-1-3-14(17)12-30-32/h1-12,20-23H/t20-,21+,22-,23-/m0/s1. The summed E-state index contributed by atoms with van der Waals surface area (Å²) < 4.78 is 27.3. The molecular weight excluding hydrogens is 476 g/mol. The van der Waals surface area contributed by atoms with Gasteiger partial charge in [0.15, 0.2) is 5.78 Å². The van der Waals surface area contributed by atoms with Crippen LogP contribution in [0.25, 0.3) is 0 Å². The predicted octanol–water partition coefficient (Wildman–Crippen LogP) is 4.38. The molecule has 0 saturated carbocycles. The maximum absolute atomic E-state index is 13.8. The molecule has 0 unspecified atom stereocenters. The van der Waals surface area contributed by atoms with Gasteiger partial charge < -0.3 is 0 Å². The fourth-order valence-corrected chi connectivity index (χ4v) is 5.51. The molecule has 0 bridgehead atoms. The molecule has 4 atom stereocenters. The van der Waals surface area contributed by atoms with Gasteiger partial charge in [-0.3, -0.25) is 19.4 Å². The Kier molecular flexibility index (Phi) is 4.82. The second-order valence-corrected chi connectivity index (χ2v) is 9.08. The van der Waals surface area contributed by atoms with Gasteiger partial charge in [0.1, 0.15) is 17.7 Å². The predicted molar refractivity (Wildman–Crippen MR) is 124 cm³/mol. The number of hydrogen-bond donors (Lipinski definition) is 0. The van der Waals surface area contributed by atoms with Gasteiger partial charge in [0.05, 0.1) is 34.8 Å². The van der Waals surface area contributed by atoms with Crippen LogP contribution in [0.2, 0.25) is 5.02 Å². The van der Waals surface area contributed by atoms with E-state index in [-0.39, 0.29) is 16.3 Å². The number of halogens is 3. The van der Waals surface area contributed by atoms with Crippen molar-refractivity contribution in [1.82, 2.24) is 5.01 Å². The van der Waals surface area contributed by atoms with Crippen LogP contribution in [0, 0.1) is 23.5 Å². The van der Waals surface area contributed by atoms with Crippen LogP contribution in [-0.4, -0.2) is 34.9 Å². The zero-order chi connectivity index (χ0) is 24.4. The van der Waals surface area contributed by atoms with Gasteiger partial charge in [-0.1, -0.05) is 35.9 Å². The minimum Gasteiger partial charge on any atom is -0.292 e. The molecule has 6 rings (SSSR count). The molecule has 0 N–H and O–H groups in total. The van der Waals surface area contributed by atoms with Gasteiger partial charge in [-0.25, -0.2) is 13.7 Å². The van der Waals surface area contributed by atoms with Gasteiger partial charge in [-0.05, 0) is 53.6 Å². The normalized spacial score (nSPS) is 24.4. The number of hydrogen-bond acceptors (Lipinski definition) is 5. The summed E-state index contributed by atoms with van der Waals surface area (Å²) >= 11 is 5.92. The zero-order valence-electron chi connectivity index (χ0n) is 17.9. The van der Waals surface area contributed by atoms with Crippen LogP contribution in [0.5, 0.6) is 0 Å². The highest BCUT2D eigenvalue weighted by Gasteiger charge is 2.65. The molecule has 2 amide bonds. The number of benzene rings is 3. The van der Waals surface area contributed by atoms with Crippen molar-refractivity contribution in [3.63, 3.8) is 0 Å². The molecule has 0 aliphatic carbocycles. The highest BCUT2D eigenvalue weighted by Crippen LogP contribution is 2.53. The Hall–Kier alpha value is -3.91. The number of carbonyl (C=O) groups is 3. The number of fused-ring (bicyclic) bond motifs is 5. The Morgan fingerprint density at radius 1 is 0.914 bits per heavy atom. The van der Waals surface area contributed by atoms with Gasteiger partial charge in [0, 0.05) is 5.56 Å². The largest absolute Gasteiger partial charge is 0.292 e. The van der Waals surface area contributed by atoms with E-state index in [1.54, 1.807) is 6.21 Å². The SMILES string of the molecule is O=C(c1ccc(F)cc1)[C@@H]1[C@@H]2C(=O)N(c3ccc(F)c(Cl)c3)C(=O)[C@@H]2[C@@H]2c3ccccc3C=NN12. The zero-order valence-corrected chi connectivity index (χ0v) is 18.7. The first-order valence-electron chi connectivity index (χ1n) is 10.9. The second kappa shape index (κ2) is 7.81. The lowest BCUT2D eigenvalue weighted by Gasteiger charge is -2.33. The first kappa shape index (κ1) is 21.6. The summed E-state index contributed by atoms with van der Waals surface area (Å²) in [4.78, 5) is 42.1. The molecule has 3 heterocycles. The van der Waals surface area contributed by atoms with E-state index in [4.69, 9.17) is 11.6 Å². The van der Waals surface area contributed by atoms with Crippen LogP contribution in [0.1, 0.15) is 27.5 Å². The fourth-order valence-electron chi connectivity index (χ4n) is 5.33. The van der Waals surface area contributed by atoms with Crippen molar-refractivity contribution in [3.05, 3.63) is 100 Å². The summed E-state index contributed by atoms with van der Waals surface area (Å²) in [5, 5.41) is 5.77. The molecule has 0 radical (unpaired) electrons. The molecule has 0 spiro atoms. The quantitative estimate of drug-likeness (QED) is 0.403. The van der Waals surface area contributed by atoms with E-state index in [9.17, 15) is 23.2 Å². The van der Waals surface area contributed by atoms with Crippen LogP contribution in [0.3, 0.4) is 0 Å². The maximum atomic E-state index is 13.8. The van der Waals surface area contributed by atoms with Gasteiger partial charge >= 0.3 is 0 Å². The van der Waals surface area contributed by atoms with E-state index < -0.39 is 53.2 Å². The Bertz CT molecular complexity index is 1440. The third-order valence-corrected chi connectivity index (χ3v) is 7.14. The smallest absolute Gasteiger partial charge is 0.240 e. The number of ketones is 1. The molecule has 2 saturated heterocycles. The van der Waals surface area contributed by atoms with Crippen molar-refractivity contribution in [3.8, 4) is 0 Å². The molecule has 3 aliphatic rings. The number of carbonyl (C=O) groups excluding carboxylic acids is 3. The first-order valence-corrected chi connectivity index (χ1v) is 11.3. The van der Waals surface area contributed by atoms with Crippen molar-refractivity contribution in [2.24, 2.45) is 16.9 Å². The van der Waals surface area contributed by atoms with Crippen LogP contribution in [0.4, 0.5) is 14.5 Å². The van der Waals surface area contributed by atoms with Crippen molar-refractivity contribution >= 4 is 41.1 Å². The Balaban J connectivity index is 1.50. The Morgan fingerprint density at radius 2 is 1.63 bits per heavy atom. The first-order chi connectivity index (χ1) is 16.9.